The Morgan fingerprint density at radius 3 is 2.86 bits per heavy atom. The maximum atomic E-state index is 12.4. The Balaban J connectivity index is 2.07. The number of hydrogen-bond donors (Lipinski definition) is 1. The fourth-order valence-corrected chi connectivity index (χ4v) is 3.07. The van der Waals surface area contributed by atoms with Crippen molar-refractivity contribution in [1.29, 1.82) is 0 Å². The van der Waals surface area contributed by atoms with Gasteiger partial charge in [0.2, 0.25) is 11.8 Å². The maximum Gasteiger partial charge on any atom is 0.247 e. The average molecular weight is 306 g/mol. The molecule has 114 valence electrons. The van der Waals surface area contributed by atoms with E-state index in [2.05, 4.69) is 24.6 Å². The van der Waals surface area contributed by atoms with Gasteiger partial charge in [0.05, 0.1) is 0 Å². The molecule has 0 spiro atoms. The van der Waals surface area contributed by atoms with Gasteiger partial charge in [-0.25, -0.2) is 0 Å². The Morgan fingerprint density at radius 1 is 1.43 bits per heavy atom. The Kier molecular flexibility index (Phi) is 5.28. The minimum Gasteiger partial charge on any atom is -0.331 e. The van der Waals surface area contributed by atoms with Crippen molar-refractivity contribution >= 4 is 29.3 Å². The minimum absolute atomic E-state index is 0.0302. The zero-order valence-electron chi connectivity index (χ0n) is 12.8. The van der Waals surface area contributed by atoms with E-state index >= 15 is 0 Å². The van der Waals surface area contributed by atoms with E-state index in [1.54, 1.807) is 16.7 Å². The monoisotopic (exact) mass is 306 g/mol. The summed E-state index contributed by atoms with van der Waals surface area (Å²) in [4.78, 5) is 25.6. The molecule has 1 fully saturated rings. The maximum absolute atomic E-state index is 12.4. The number of thioether (sulfide) groups is 1. The summed E-state index contributed by atoms with van der Waals surface area (Å²) >= 11 is 1.77. The van der Waals surface area contributed by atoms with Crippen LogP contribution in [-0.2, 0) is 9.59 Å². The third-order valence-corrected chi connectivity index (χ3v) is 4.92. The van der Waals surface area contributed by atoms with Crippen LogP contribution in [0, 0.1) is 0 Å². The quantitative estimate of drug-likeness (QED) is 0.930. The van der Waals surface area contributed by atoms with E-state index in [9.17, 15) is 9.59 Å². The topological polar surface area (TPSA) is 49.4 Å². The van der Waals surface area contributed by atoms with E-state index in [1.165, 1.54) is 12.5 Å². The second-order valence-corrected chi connectivity index (χ2v) is 6.54. The van der Waals surface area contributed by atoms with Crippen LogP contribution in [0.4, 0.5) is 5.69 Å². The van der Waals surface area contributed by atoms with Gasteiger partial charge in [-0.05, 0) is 43.7 Å². The third-order valence-electron chi connectivity index (χ3n) is 3.94. The van der Waals surface area contributed by atoms with Crippen LogP contribution >= 0.6 is 11.8 Å². The molecule has 1 N–H and O–H groups in total. The number of carbonyl (C=O) groups excluding carboxylic acids is 2. The molecule has 0 aromatic heterocycles. The van der Waals surface area contributed by atoms with Gasteiger partial charge < -0.3 is 10.2 Å². The normalized spacial score (nSPS) is 19.4. The molecule has 0 unspecified atom stereocenters. The van der Waals surface area contributed by atoms with Gasteiger partial charge in [-0.1, -0.05) is 12.1 Å². The molecule has 1 heterocycles. The summed E-state index contributed by atoms with van der Waals surface area (Å²) in [5, 5.41) is 3.34. The fourth-order valence-electron chi connectivity index (χ4n) is 2.65. The Morgan fingerprint density at radius 2 is 2.19 bits per heavy atom. The van der Waals surface area contributed by atoms with Crippen LogP contribution in [0.5, 0.6) is 0 Å². The Hall–Kier alpha value is -1.49. The number of nitrogens with one attached hydrogen (secondary N) is 1. The van der Waals surface area contributed by atoms with Gasteiger partial charge in [-0.2, -0.15) is 11.8 Å². The van der Waals surface area contributed by atoms with E-state index in [0.717, 1.165) is 18.5 Å². The van der Waals surface area contributed by atoms with Crippen LogP contribution in [0.1, 0.15) is 37.5 Å². The van der Waals surface area contributed by atoms with Crippen LogP contribution in [0.25, 0.3) is 0 Å². The molecule has 1 aliphatic heterocycles. The van der Waals surface area contributed by atoms with E-state index < -0.39 is 0 Å². The molecule has 21 heavy (non-hydrogen) atoms. The van der Waals surface area contributed by atoms with Gasteiger partial charge in [0, 0.05) is 24.4 Å². The lowest BCUT2D eigenvalue weighted by molar-refractivity contribution is -0.134. The van der Waals surface area contributed by atoms with Gasteiger partial charge in [-0.3, -0.25) is 9.59 Å². The van der Waals surface area contributed by atoms with Gasteiger partial charge in [0.25, 0.3) is 0 Å². The molecule has 2 amide bonds. The van der Waals surface area contributed by atoms with Crippen LogP contribution in [0.2, 0.25) is 0 Å². The number of carbonyl (C=O) groups is 2. The highest BCUT2D eigenvalue weighted by Gasteiger charge is 2.32. The van der Waals surface area contributed by atoms with Gasteiger partial charge in [0.15, 0.2) is 0 Å². The Bertz CT molecular complexity index is 533. The standard InChI is InChI=1S/C16H22N2O2S/c1-11(21-3)13-6-4-7-14(10-13)17-16(20)15-8-5-9-18(15)12(2)19/h4,6-7,10-11,15H,5,8-9H2,1-3H3,(H,17,20)/t11-,15-/m0/s1. The highest BCUT2D eigenvalue weighted by molar-refractivity contribution is 7.98. The van der Waals surface area contributed by atoms with Crippen molar-refractivity contribution in [3.05, 3.63) is 29.8 Å². The van der Waals surface area contributed by atoms with Crippen molar-refractivity contribution in [2.75, 3.05) is 18.1 Å². The zero-order valence-corrected chi connectivity index (χ0v) is 13.6. The second-order valence-electron chi connectivity index (χ2n) is 5.36. The lowest BCUT2D eigenvalue weighted by Gasteiger charge is -2.22. The summed E-state index contributed by atoms with van der Waals surface area (Å²) < 4.78 is 0. The first-order valence-electron chi connectivity index (χ1n) is 7.23. The zero-order chi connectivity index (χ0) is 15.4. The summed E-state index contributed by atoms with van der Waals surface area (Å²) in [6.07, 6.45) is 3.70. The van der Waals surface area contributed by atoms with Crippen molar-refractivity contribution < 1.29 is 9.59 Å². The highest BCUT2D eigenvalue weighted by atomic mass is 32.2. The van der Waals surface area contributed by atoms with Crippen molar-refractivity contribution in [2.45, 2.75) is 38.0 Å². The number of rotatable bonds is 4. The molecule has 1 saturated heterocycles. The van der Waals surface area contributed by atoms with E-state index in [-0.39, 0.29) is 17.9 Å². The summed E-state index contributed by atoms with van der Waals surface area (Å²) in [6.45, 7) is 4.34. The summed E-state index contributed by atoms with van der Waals surface area (Å²) in [6, 6.07) is 7.58. The van der Waals surface area contributed by atoms with Crippen LogP contribution in [-0.4, -0.2) is 35.6 Å². The lowest BCUT2D eigenvalue weighted by atomic mass is 10.1. The molecule has 0 radical (unpaired) electrons. The van der Waals surface area contributed by atoms with Gasteiger partial charge >= 0.3 is 0 Å². The van der Waals surface area contributed by atoms with Crippen LogP contribution in [0.3, 0.4) is 0 Å². The molecular weight excluding hydrogens is 284 g/mol. The molecule has 1 aromatic carbocycles. The highest BCUT2D eigenvalue weighted by Crippen LogP contribution is 2.27. The first-order chi connectivity index (χ1) is 10.0. The summed E-state index contributed by atoms with van der Waals surface area (Å²) in [5.41, 5.74) is 1.99. The predicted molar refractivity (Wildman–Crippen MR) is 87.4 cm³/mol. The van der Waals surface area contributed by atoms with Crippen molar-refractivity contribution in [1.82, 2.24) is 4.90 Å². The minimum atomic E-state index is -0.330. The molecular formula is C16H22N2O2S. The molecule has 4 nitrogen and oxygen atoms in total. The van der Waals surface area contributed by atoms with E-state index in [1.807, 2.05) is 18.2 Å². The third kappa shape index (κ3) is 3.79. The predicted octanol–water partition coefficient (Wildman–Crippen LogP) is 3.06. The second kappa shape index (κ2) is 6.98. The number of anilines is 1. The van der Waals surface area contributed by atoms with Crippen LogP contribution < -0.4 is 5.32 Å². The molecule has 1 aliphatic rings. The molecule has 0 aliphatic carbocycles. The SMILES string of the molecule is CS[C@@H](C)c1cccc(NC(=O)[C@@H]2CCCN2C(C)=O)c1. The average Bonchev–Trinajstić information content (AvgIpc) is 2.96. The lowest BCUT2D eigenvalue weighted by Crippen LogP contribution is -2.42. The fraction of sp³-hybridized carbons (Fsp3) is 0.500. The number of benzene rings is 1. The summed E-state index contributed by atoms with van der Waals surface area (Å²) in [7, 11) is 0. The molecule has 2 rings (SSSR count). The van der Waals surface area contributed by atoms with Gasteiger partial charge in [0.1, 0.15) is 6.04 Å². The largest absolute Gasteiger partial charge is 0.331 e. The molecule has 1 aromatic rings. The smallest absolute Gasteiger partial charge is 0.247 e. The van der Waals surface area contributed by atoms with Crippen molar-refractivity contribution in [3.63, 3.8) is 0 Å². The Labute approximate surface area is 130 Å². The number of hydrogen-bond acceptors (Lipinski definition) is 3. The number of nitrogens with zero attached hydrogens (tertiary/aromatic N) is 1. The van der Waals surface area contributed by atoms with E-state index in [0.29, 0.717) is 11.8 Å². The van der Waals surface area contributed by atoms with E-state index in [4.69, 9.17) is 0 Å². The van der Waals surface area contributed by atoms with Crippen molar-refractivity contribution in [3.8, 4) is 0 Å². The first kappa shape index (κ1) is 15.9. The molecule has 2 atom stereocenters. The molecule has 0 saturated carbocycles. The first-order valence-corrected chi connectivity index (χ1v) is 8.52. The number of likely N-dealkylation sites (tertiary alicyclic amines) is 1. The van der Waals surface area contributed by atoms with Gasteiger partial charge in [-0.15, -0.1) is 0 Å². The molecule has 5 heteroatoms. The summed E-state index contributed by atoms with van der Waals surface area (Å²) in [5.74, 6) is -0.117. The van der Waals surface area contributed by atoms with Crippen molar-refractivity contribution in [2.24, 2.45) is 0 Å². The number of amides is 2. The molecule has 0 bridgehead atoms. The van der Waals surface area contributed by atoms with Crippen LogP contribution in [0.15, 0.2) is 24.3 Å².